The van der Waals surface area contributed by atoms with Crippen molar-refractivity contribution in [1.82, 2.24) is 0 Å². The lowest BCUT2D eigenvalue weighted by molar-refractivity contribution is -0.0105. The van der Waals surface area contributed by atoms with E-state index in [0.29, 0.717) is 5.92 Å². The fourth-order valence-corrected chi connectivity index (χ4v) is 3.33. The van der Waals surface area contributed by atoms with Gasteiger partial charge < -0.3 is 14.9 Å². The predicted octanol–water partition coefficient (Wildman–Crippen LogP) is 3.29. The van der Waals surface area contributed by atoms with E-state index in [2.05, 4.69) is 0 Å². The molecule has 0 bridgehead atoms. The molecule has 1 saturated carbocycles. The minimum atomic E-state index is -0.0277. The summed E-state index contributed by atoms with van der Waals surface area (Å²) in [6.07, 6.45) is 7.26. The quantitative estimate of drug-likeness (QED) is 0.750. The van der Waals surface area contributed by atoms with E-state index >= 15 is 0 Å². The van der Waals surface area contributed by atoms with Gasteiger partial charge in [-0.25, -0.2) is 0 Å². The van der Waals surface area contributed by atoms with Crippen LogP contribution in [-0.4, -0.2) is 16.8 Å². The van der Waals surface area contributed by atoms with Crippen molar-refractivity contribution in [2.45, 2.75) is 44.6 Å². The maximum atomic E-state index is 9.69. The van der Waals surface area contributed by atoms with Crippen LogP contribution in [0, 0.1) is 5.92 Å². The van der Waals surface area contributed by atoms with Crippen molar-refractivity contribution >= 4 is 0 Å². The minimum absolute atomic E-state index is 0.0157. The van der Waals surface area contributed by atoms with Crippen LogP contribution in [0.1, 0.15) is 49.3 Å². The average molecular weight is 248 g/mol. The molecule has 1 aliphatic heterocycles. The molecule has 1 heterocycles. The number of hydrogen-bond donors (Lipinski definition) is 2. The summed E-state index contributed by atoms with van der Waals surface area (Å²) in [5, 5.41) is 19.3. The lowest BCUT2D eigenvalue weighted by Gasteiger charge is -2.34. The number of hydrogen-bond acceptors (Lipinski definition) is 3. The van der Waals surface area contributed by atoms with E-state index in [1.165, 1.54) is 32.1 Å². The first-order chi connectivity index (χ1) is 8.75. The zero-order chi connectivity index (χ0) is 12.5. The lowest BCUT2D eigenvalue weighted by atomic mass is 9.80. The first kappa shape index (κ1) is 11.8. The molecule has 3 nitrogen and oxygen atoms in total. The highest BCUT2D eigenvalue weighted by Gasteiger charge is 2.30. The molecule has 1 atom stereocenters. The molecule has 0 spiro atoms. The molecule has 1 aliphatic carbocycles. The first-order valence-electron chi connectivity index (χ1n) is 6.92. The molecule has 98 valence electrons. The van der Waals surface area contributed by atoms with Crippen LogP contribution in [0.4, 0.5) is 0 Å². The highest BCUT2D eigenvalue weighted by atomic mass is 16.5. The molecule has 1 fully saturated rings. The van der Waals surface area contributed by atoms with Gasteiger partial charge in [-0.2, -0.15) is 0 Å². The Kier molecular flexibility index (Phi) is 3.16. The van der Waals surface area contributed by atoms with Crippen LogP contribution in [0.3, 0.4) is 0 Å². The largest absolute Gasteiger partial charge is 0.504 e. The molecule has 0 aromatic heterocycles. The maximum Gasteiger partial charge on any atom is 0.157 e. The molecule has 3 heteroatoms. The molecule has 2 aliphatic rings. The summed E-state index contributed by atoms with van der Waals surface area (Å²) in [5.41, 5.74) is 2.22. The van der Waals surface area contributed by atoms with Crippen LogP contribution < -0.4 is 0 Å². The van der Waals surface area contributed by atoms with Gasteiger partial charge in [-0.15, -0.1) is 0 Å². The summed E-state index contributed by atoms with van der Waals surface area (Å²) in [6.45, 7) is 0.721. The fourth-order valence-electron chi connectivity index (χ4n) is 3.33. The number of ether oxygens (including phenoxy) is 1. The van der Waals surface area contributed by atoms with Crippen LogP contribution in [0.15, 0.2) is 12.1 Å². The molecule has 1 aromatic rings. The Balaban J connectivity index is 1.92. The summed E-state index contributed by atoms with van der Waals surface area (Å²) in [4.78, 5) is 0. The third-order valence-electron chi connectivity index (χ3n) is 4.29. The average Bonchev–Trinajstić information content (AvgIpc) is 2.40. The van der Waals surface area contributed by atoms with Crippen molar-refractivity contribution in [2.24, 2.45) is 5.92 Å². The Labute approximate surface area is 107 Å². The summed E-state index contributed by atoms with van der Waals surface area (Å²) in [5.74, 6) is 0.528. The summed E-state index contributed by atoms with van der Waals surface area (Å²) >= 11 is 0. The van der Waals surface area contributed by atoms with Gasteiger partial charge in [-0.05, 0) is 48.4 Å². The van der Waals surface area contributed by atoms with Crippen molar-refractivity contribution in [3.63, 3.8) is 0 Å². The smallest absolute Gasteiger partial charge is 0.157 e. The number of aromatic hydroxyl groups is 2. The van der Waals surface area contributed by atoms with Crippen molar-refractivity contribution in [3.8, 4) is 11.5 Å². The highest BCUT2D eigenvalue weighted by molar-refractivity contribution is 5.47. The fraction of sp³-hybridized carbons (Fsp3) is 0.600. The Morgan fingerprint density at radius 2 is 1.72 bits per heavy atom. The van der Waals surface area contributed by atoms with Crippen molar-refractivity contribution in [2.75, 3.05) is 6.61 Å². The monoisotopic (exact) mass is 248 g/mol. The van der Waals surface area contributed by atoms with Gasteiger partial charge in [0.15, 0.2) is 11.5 Å². The molecule has 0 radical (unpaired) electrons. The van der Waals surface area contributed by atoms with Gasteiger partial charge in [-0.1, -0.05) is 19.3 Å². The highest BCUT2D eigenvalue weighted by Crippen LogP contribution is 2.43. The first-order valence-corrected chi connectivity index (χ1v) is 6.92. The second kappa shape index (κ2) is 4.81. The molecule has 0 saturated heterocycles. The van der Waals surface area contributed by atoms with Gasteiger partial charge in [0.1, 0.15) is 0 Å². The Hall–Kier alpha value is -1.22. The standard InChI is InChI=1S/C15H20O3/c16-13-8-11-6-7-18-15(12(11)9-14(13)17)10-4-2-1-3-5-10/h8-10,15-17H,1-7H2. The van der Waals surface area contributed by atoms with Gasteiger partial charge >= 0.3 is 0 Å². The van der Waals surface area contributed by atoms with Crippen molar-refractivity contribution < 1.29 is 14.9 Å². The van der Waals surface area contributed by atoms with Gasteiger partial charge in [-0.3, -0.25) is 0 Å². The van der Waals surface area contributed by atoms with Crippen molar-refractivity contribution in [3.05, 3.63) is 23.3 Å². The zero-order valence-corrected chi connectivity index (χ0v) is 10.6. The molecule has 18 heavy (non-hydrogen) atoms. The van der Waals surface area contributed by atoms with Crippen LogP contribution >= 0.6 is 0 Å². The molecular formula is C15H20O3. The SMILES string of the molecule is Oc1cc2c(cc1O)C(C1CCCCC1)OCC2. The summed E-state index contributed by atoms with van der Waals surface area (Å²) < 4.78 is 5.95. The Morgan fingerprint density at radius 3 is 2.50 bits per heavy atom. The van der Waals surface area contributed by atoms with Crippen molar-refractivity contribution in [1.29, 1.82) is 0 Å². The normalized spacial score (nSPS) is 24.8. The number of phenolic OH excluding ortho intramolecular Hbond substituents is 2. The van der Waals surface area contributed by atoms with E-state index in [9.17, 15) is 10.2 Å². The molecule has 1 aromatic carbocycles. The maximum absolute atomic E-state index is 9.69. The number of fused-ring (bicyclic) bond motifs is 1. The van der Waals surface area contributed by atoms with Gasteiger partial charge in [0, 0.05) is 0 Å². The van der Waals surface area contributed by atoms with Gasteiger partial charge in [0.25, 0.3) is 0 Å². The summed E-state index contributed by atoms with van der Waals surface area (Å²) in [6, 6.07) is 3.39. The van der Waals surface area contributed by atoms with E-state index in [-0.39, 0.29) is 17.6 Å². The van der Waals surface area contributed by atoms with Crippen LogP contribution in [0.25, 0.3) is 0 Å². The third-order valence-corrected chi connectivity index (χ3v) is 4.29. The van der Waals surface area contributed by atoms with E-state index in [1.807, 2.05) is 0 Å². The second-order valence-electron chi connectivity index (χ2n) is 5.48. The predicted molar refractivity (Wildman–Crippen MR) is 68.7 cm³/mol. The second-order valence-corrected chi connectivity index (χ2v) is 5.48. The van der Waals surface area contributed by atoms with Crippen LogP contribution in [0.2, 0.25) is 0 Å². The third kappa shape index (κ3) is 2.07. The van der Waals surface area contributed by atoms with E-state index in [0.717, 1.165) is 24.2 Å². The van der Waals surface area contributed by atoms with Crippen LogP contribution in [0.5, 0.6) is 11.5 Å². The van der Waals surface area contributed by atoms with E-state index in [4.69, 9.17) is 4.74 Å². The number of phenols is 2. The van der Waals surface area contributed by atoms with Gasteiger partial charge in [0.2, 0.25) is 0 Å². The van der Waals surface area contributed by atoms with Crippen LogP contribution in [-0.2, 0) is 11.2 Å². The molecule has 2 N–H and O–H groups in total. The van der Waals surface area contributed by atoms with Gasteiger partial charge in [0.05, 0.1) is 12.7 Å². The van der Waals surface area contributed by atoms with E-state index in [1.54, 1.807) is 12.1 Å². The molecule has 1 unspecified atom stereocenters. The number of rotatable bonds is 1. The molecular weight excluding hydrogens is 228 g/mol. The molecule has 0 amide bonds. The summed E-state index contributed by atoms with van der Waals surface area (Å²) in [7, 11) is 0. The Bertz CT molecular complexity index is 436. The molecule has 3 rings (SSSR count). The number of benzene rings is 1. The topological polar surface area (TPSA) is 49.7 Å². The zero-order valence-electron chi connectivity index (χ0n) is 10.6. The van der Waals surface area contributed by atoms with E-state index < -0.39 is 0 Å². The Morgan fingerprint density at radius 1 is 1.00 bits per heavy atom. The lowest BCUT2D eigenvalue weighted by Crippen LogP contribution is -2.24. The minimum Gasteiger partial charge on any atom is -0.504 e.